The van der Waals surface area contributed by atoms with Gasteiger partial charge in [-0.05, 0) is 37.6 Å². The van der Waals surface area contributed by atoms with Crippen LogP contribution in [0.5, 0.6) is 0 Å². The van der Waals surface area contributed by atoms with E-state index in [-0.39, 0.29) is 0 Å². The second-order valence-electron chi connectivity index (χ2n) is 4.47. The topological polar surface area (TPSA) is 13.1 Å². The van der Waals surface area contributed by atoms with E-state index in [2.05, 4.69) is 44.2 Å². The molecule has 0 radical (unpaired) electrons. The van der Waals surface area contributed by atoms with Crippen LogP contribution >= 0.6 is 0 Å². The van der Waals surface area contributed by atoms with Crippen LogP contribution in [0.3, 0.4) is 0 Å². The zero-order chi connectivity index (χ0) is 11.8. The fourth-order valence-electron chi connectivity index (χ4n) is 2.14. The average molecular weight is 222 g/mol. The minimum absolute atomic E-state index is 0.948. The highest BCUT2D eigenvalue weighted by Gasteiger charge is 2.07. The summed E-state index contributed by atoms with van der Waals surface area (Å²) in [5, 5.41) is 1.17. The zero-order valence-electron chi connectivity index (χ0n) is 10.0. The molecular weight excluding hydrogens is 208 g/mol. The maximum Gasteiger partial charge on any atom is 0.135 e. The van der Waals surface area contributed by atoms with Gasteiger partial charge in [0.15, 0.2) is 0 Å². The van der Waals surface area contributed by atoms with Crippen LogP contribution in [-0.2, 0) is 0 Å². The molecule has 0 spiro atoms. The van der Waals surface area contributed by atoms with Crippen LogP contribution in [0.4, 0.5) is 0 Å². The van der Waals surface area contributed by atoms with Gasteiger partial charge in [0.25, 0.3) is 0 Å². The molecule has 0 aliphatic heterocycles. The summed E-state index contributed by atoms with van der Waals surface area (Å²) < 4.78 is 5.89. The number of hydrogen-bond acceptors (Lipinski definition) is 1. The van der Waals surface area contributed by atoms with Gasteiger partial charge in [-0.1, -0.05) is 35.9 Å². The molecule has 0 saturated carbocycles. The minimum Gasteiger partial charge on any atom is -0.456 e. The van der Waals surface area contributed by atoms with Crippen molar-refractivity contribution in [2.45, 2.75) is 13.8 Å². The maximum atomic E-state index is 5.89. The van der Waals surface area contributed by atoms with E-state index in [4.69, 9.17) is 4.42 Å². The predicted molar refractivity (Wildman–Crippen MR) is 71.1 cm³/mol. The van der Waals surface area contributed by atoms with E-state index in [0.29, 0.717) is 0 Å². The molecule has 0 N–H and O–H groups in total. The predicted octanol–water partition coefficient (Wildman–Crippen LogP) is 4.72. The van der Waals surface area contributed by atoms with Crippen LogP contribution in [-0.4, -0.2) is 0 Å². The van der Waals surface area contributed by atoms with E-state index in [9.17, 15) is 0 Å². The fraction of sp³-hybridized carbons (Fsp3) is 0.125. The van der Waals surface area contributed by atoms with Crippen molar-refractivity contribution in [1.82, 2.24) is 0 Å². The molecule has 3 rings (SSSR count). The molecular formula is C16H14O. The largest absolute Gasteiger partial charge is 0.456 e. The van der Waals surface area contributed by atoms with Crippen LogP contribution in [0.1, 0.15) is 11.1 Å². The Kier molecular flexibility index (Phi) is 2.25. The van der Waals surface area contributed by atoms with Gasteiger partial charge < -0.3 is 4.42 Å². The Balaban J connectivity index is 2.22. The van der Waals surface area contributed by atoms with Crippen LogP contribution in [0, 0.1) is 13.8 Å². The van der Waals surface area contributed by atoms with Crippen LogP contribution < -0.4 is 0 Å². The van der Waals surface area contributed by atoms with E-state index in [1.165, 1.54) is 22.1 Å². The monoisotopic (exact) mass is 222 g/mol. The Morgan fingerprint density at radius 2 is 1.71 bits per heavy atom. The highest BCUT2D eigenvalue weighted by atomic mass is 16.3. The van der Waals surface area contributed by atoms with E-state index in [1.54, 1.807) is 0 Å². The second-order valence-corrected chi connectivity index (χ2v) is 4.47. The van der Waals surface area contributed by atoms with Crippen molar-refractivity contribution in [3.8, 4) is 11.3 Å². The van der Waals surface area contributed by atoms with Gasteiger partial charge in [0.1, 0.15) is 11.3 Å². The molecule has 0 amide bonds. The van der Waals surface area contributed by atoms with Gasteiger partial charge in [-0.3, -0.25) is 0 Å². The van der Waals surface area contributed by atoms with Gasteiger partial charge in [0.05, 0.1) is 0 Å². The third kappa shape index (κ3) is 1.74. The molecule has 0 aliphatic rings. The zero-order valence-corrected chi connectivity index (χ0v) is 10.0. The number of benzene rings is 2. The number of hydrogen-bond donors (Lipinski definition) is 0. The molecule has 0 aliphatic carbocycles. The first-order valence-electron chi connectivity index (χ1n) is 5.80. The van der Waals surface area contributed by atoms with Crippen LogP contribution in [0.2, 0.25) is 0 Å². The third-order valence-corrected chi connectivity index (χ3v) is 3.08. The van der Waals surface area contributed by atoms with Crippen molar-refractivity contribution in [1.29, 1.82) is 0 Å². The summed E-state index contributed by atoms with van der Waals surface area (Å²) in [6.45, 7) is 4.20. The van der Waals surface area contributed by atoms with E-state index in [0.717, 1.165) is 11.3 Å². The first kappa shape index (κ1) is 10.2. The van der Waals surface area contributed by atoms with Crippen molar-refractivity contribution in [3.05, 3.63) is 59.7 Å². The van der Waals surface area contributed by atoms with Gasteiger partial charge >= 0.3 is 0 Å². The van der Waals surface area contributed by atoms with Crippen molar-refractivity contribution < 1.29 is 4.42 Å². The molecule has 0 fully saturated rings. The molecule has 1 heterocycles. The quantitative estimate of drug-likeness (QED) is 0.580. The Bertz CT molecular complexity index is 677. The summed E-state index contributed by atoms with van der Waals surface area (Å²) in [6, 6.07) is 16.7. The van der Waals surface area contributed by atoms with Gasteiger partial charge in [-0.2, -0.15) is 0 Å². The third-order valence-electron chi connectivity index (χ3n) is 3.08. The lowest BCUT2D eigenvalue weighted by Crippen LogP contribution is -1.78. The summed E-state index contributed by atoms with van der Waals surface area (Å²) in [5.41, 5.74) is 4.62. The lowest BCUT2D eigenvalue weighted by Gasteiger charge is -2.00. The summed E-state index contributed by atoms with van der Waals surface area (Å²) in [6.07, 6.45) is 0. The molecule has 17 heavy (non-hydrogen) atoms. The van der Waals surface area contributed by atoms with E-state index < -0.39 is 0 Å². The number of rotatable bonds is 1. The normalized spacial score (nSPS) is 10.9. The molecule has 1 aromatic heterocycles. The SMILES string of the molecule is Cc1ccc2oc(-c3ccccc3C)cc2c1. The molecule has 0 saturated heterocycles. The van der Waals surface area contributed by atoms with Gasteiger partial charge in [-0.15, -0.1) is 0 Å². The van der Waals surface area contributed by atoms with E-state index in [1.807, 2.05) is 18.2 Å². The lowest BCUT2D eigenvalue weighted by atomic mass is 10.1. The van der Waals surface area contributed by atoms with Crippen molar-refractivity contribution >= 4 is 11.0 Å². The molecule has 3 aromatic rings. The summed E-state index contributed by atoms with van der Waals surface area (Å²) in [7, 11) is 0. The van der Waals surface area contributed by atoms with Crippen LogP contribution in [0.25, 0.3) is 22.3 Å². The van der Waals surface area contributed by atoms with Gasteiger partial charge in [-0.25, -0.2) is 0 Å². The number of fused-ring (bicyclic) bond motifs is 1. The van der Waals surface area contributed by atoms with Gasteiger partial charge in [0, 0.05) is 10.9 Å². The molecule has 0 atom stereocenters. The average Bonchev–Trinajstić information content (AvgIpc) is 2.72. The smallest absolute Gasteiger partial charge is 0.135 e. The van der Waals surface area contributed by atoms with Crippen molar-refractivity contribution in [2.75, 3.05) is 0 Å². The first-order valence-corrected chi connectivity index (χ1v) is 5.80. The number of furan rings is 1. The highest BCUT2D eigenvalue weighted by Crippen LogP contribution is 2.30. The maximum absolute atomic E-state index is 5.89. The molecule has 2 aromatic carbocycles. The van der Waals surface area contributed by atoms with Gasteiger partial charge in [0.2, 0.25) is 0 Å². The Labute approximate surface area is 101 Å². The van der Waals surface area contributed by atoms with Crippen molar-refractivity contribution in [3.63, 3.8) is 0 Å². The first-order chi connectivity index (χ1) is 8.24. The summed E-state index contributed by atoms with van der Waals surface area (Å²) >= 11 is 0. The molecule has 0 unspecified atom stereocenters. The lowest BCUT2D eigenvalue weighted by molar-refractivity contribution is 0.631. The minimum atomic E-state index is 0.948. The molecule has 1 nitrogen and oxygen atoms in total. The second kappa shape index (κ2) is 3.77. The Morgan fingerprint density at radius 3 is 2.53 bits per heavy atom. The highest BCUT2D eigenvalue weighted by molar-refractivity contribution is 5.83. The van der Waals surface area contributed by atoms with E-state index >= 15 is 0 Å². The Hall–Kier alpha value is -2.02. The fourth-order valence-corrected chi connectivity index (χ4v) is 2.14. The molecule has 84 valence electrons. The standard InChI is InChI=1S/C16H14O/c1-11-7-8-15-13(9-11)10-16(17-15)14-6-4-3-5-12(14)2/h3-10H,1-2H3. The summed E-state index contributed by atoms with van der Waals surface area (Å²) in [4.78, 5) is 0. The Morgan fingerprint density at radius 1 is 0.882 bits per heavy atom. The molecule has 0 bridgehead atoms. The van der Waals surface area contributed by atoms with Crippen LogP contribution in [0.15, 0.2) is 52.9 Å². The summed E-state index contributed by atoms with van der Waals surface area (Å²) in [5.74, 6) is 0.948. The van der Waals surface area contributed by atoms with Crippen molar-refractivity contribution in [2.24, 2.45) is 0 Å². The number of aryl methyl sites for hydroxylation is 2. The molecule has 1 heteroatoms.